The van der Waals surface area contributed by atoms with Crippen molar-refractivity contribution in [3.05, 3.63) is 50.2 Å². The van der Waals surface area contributed by atoms with Gasteiger partial charge in [0.15, 0.2) is 6.17 Å². The quantitative estimate of drug-likeness (QED) is 0.224. The fourth-order valence-electron chi connectivity index (χ4n) is 2.15. The third-order valence-corrected chi connectivity index (χ3v) is 4.75. The maximum Gasteiger partial charge on any atom is 0.276 e. The number of hydroxylamine groups is 1. The lowest BCUT2D eigenvalue weighted by Crippen LogP contribution is -2.36. The first kappa shape index (κ1) is 22.4. The Balaban J connectivity index is 2.17. The van der Waals surface area contributed by atoms with Crippen molar-refractivity contribution in [2.75, 3.05) is 25.1 Å². The molecule has 0 bridgehead atoms. The fraction of sp³-hybridized carbons (Fsp3) is 0.353. The molecule has 0 saturated heterocycles. The molecule has 1 aliphatic carbocycles. The molecule has 0 saturated carbocycles. The molecule has 1 amide bonds. The number of rotatable bonds is 8. The van der Waals surface area contributed by atoms with E-state index in [2.05, 4.69) is 33.4 Å². The Hall–Kier alpha value is -0.940. The molecule has 5 nitrogen and oxygen atoms in total. The Morgan fingerprint density at radius 2 is 2.15 bits per heavy atom. The normalized spacial score (nSPS) is 22.1. The van der Waals surface area contributed by atoms with Crippen molar-refractivity contribution in [1.29, 1.82) is 0 Å². The van der Waals surface area contributed by atoms with Gasteiger partial charge in [0, 0.05) is 10.2 Å². The SMILES string of the molecule is CCOCCONC(=O)C1=CC(F)(Cl)C(F)C=C1Nc1ccc(I)cc1Cl. The number of benzene rings is 1. The van der Waals surface area contributed by atoms with Gasteiger partial charge < -0.3 is 10.1 Å². The van der Waals surface area contributed by atoms with Crippen molar-refractivity contribution in [3.63, 3.8) is 0 Å². The Morgan fingerprint density at radius 1 is 1.41 bits per heavy atom. The molecule has 0 fully saturated rings. The molecule has 1 aromatic rings. The number of halogens is 5. The van der Waals surface area contributed by atoms with E-state index in [1.165, 1.54) is 0 Å². The van der Waals surface area contributed by atoms with Crippen LogP contribution in [-0.2, 0) is 14.4 Å². The molecule has 2 unspecified atom stereocenters. The molecule has 2 N–H and O–H groups in total. The molecule has 0 aliphatic heterocycles. The molecule has 27 heavy (non-hydrogen) atoms. The average Bonchev–Trinajstić information content (AvgIpc) is 2.60. The van der Waals surface area contributed by atoms with Crippen LogP contribution >= 0.6 is 45.8 Å². The highest BCUT2D eigenvalue weighted by atomic mass is 127. The van der Waals surface area contributed by atoms with Gasteiger partial charge in [0.25, 0.3) is 5.91 Å². The highest BCUT2D eigenvalue weighted by Crippen LogP contribution is 2.36. The number of carbonyl (C=O) groups excluding carboxylic acids is 1. The highest BCUT2D eigenvalue weighted by Gasteiger charge is 2.40. The van der Waals surface area contributed by atoms with E-state index in [9.17, 15) is 13.6 Å². The number of carbonyl (C=O) groups is 1. The van der Waals surface area contributed by atoms with Crippen molar-refractivity contribution in [3.8, 4) is 0 Å². The lowest BCUT2D eigenvalue weighted by Gasteiger charge is -2.26. The zero-order chi connectivity index (χ0) is 20.0. The van der Waals surface area contributed by atoms with Crippen molar-refractivity contribution in [2.45, 2.75) is 18.2 Å². The van der Waals surface area contributed by atoms with Gasteiger partial charge >= 0.3 is 0 Å². The van der Waals surface area contributed by atoms with Gasteiger partial charge in [-0.05, 0) is 59.9 Å². The maximum absolute atomic E-state index is 14.2. The molecular formula is C17H17Cl2F2IN2O3. The number of hydrogen-bond acceptors (Lipinski definition) is 4. The standard InChI is InChI=1S/C17H17Cl2F2IN2O3/c1-2-26-5-6-27-24-16(25)11-9-17(19,21)15(20)8-14(11)23-13-4-3-10(22)7-12(13)18/h3-4,7-9,15,23H,2,5-6H2,1H3,(H,24,25). The zero-order valence-electron chi connectivity index (χ0n) is 14.2. The topological polar surface area (TPSA) is 59.6 Å². The summed E-state index contributed by atoms with van der Waals surface area (Å²) in [6.07, 6.45) is -0.570. The average molecular weight is 533 g/mol. The van der Waals surface area contributed by atoms with E-state index in [0.29, 0.717) is 23.4 Å². The Kier molecular flexibility index (Phi) is 8.29. The first-order valence-corrected chi connectivity index (χ1v) is 9.77. The van der Waals surface area contributed by atoms with Gasteiger partial charge in [0.2, 0.25) is 5.13 Å². The lowest BCUT2D eigenvalue weighted by molar-refractivity contribution is -0.130. The molecule has 0 heterocycles. The molecule has 1 aliphatic rings. The van der Waals surface area contributed by atoms with Crippen LogP contribution in [-0.4, -0.2) is 37.0 Å². The second kappa shape index (κ2) is 10.0. The van der Waals surface area contributed by atoms with Crippen molar-refractivity contribution >= 4 is 57.4 Å². The number of anilines is 1. The Morgan fingerprint density at radius 3 is 2.81 bits per heavy atom. The van der Waals surface area contributed by atoms with Crippen LogP contribution < -0.4 is 10.8 Å². The summed E-state index contributed by atoms with van der Waals surface area (Å²) in [5, 5.41) is 0.345. The summed E-state index contributed by atoms with van der Waals surface area (Å²) in [4.78, 5) is 17.3. The van der Waals surface area contributed by atoms with Crippen molar-refractivity contribution in [1.82, 2.24) is 5.48 Å². The summed E-state index contributed by atoms with van der Waals surface area (Å²) in [6, 6.07) is 5.11. The van der Waals surface area contributed by atoms with E-state index >= 15 is 0 Å². The van der Waals surface area contributed by atoms with Crippen LogP contribution in [0.3, 0.4) is 0 Å². The summed E-state index contributed by atoms with van der Waals surface area (Å²) in [6.45, 7) is 2.68. The number of ether oxygens (including phenoxy) is 1. The fourth-order valence-corrected chi connectivity index (χ4v) is 3.22. The Labute approximate surface area is 179 Å². The summed E-state index contributed by atoms with van der Waals surface area (Å²) in [5.41, 5.74) is 2.38. The number of allylic oxidation sites excluding steroid dienone is 2. The van der Waals surface area contributed by atoms with E-state index < -0.39 is 17.2 Å². The van der Waals surface area contributed by atoms with E-state index in [-0.39, 0.29) is 24.5 Å². The number of hydrogen-bond donors (Lipinski definition) is 2. The number of amides is 1. The predicted molar refractivity (Wildman–Crippen MR) is 109 cm³/mol. The van der Waals surface area contributed by atoms with Crippen LogP contribution in [0, 0.1) is 3.57 Å². The van der Waals surface area contributed by atoms with Crippen molar-refractivity contribution < 1.29 is 23.1 Å². The third kappa shape index (κ3) is 6.28. The van der Waals surface area contributed by atoms with E-state index in [0.717, 1.165) is 9.65 Å². The molecule has 148 valence electrons. The predicted octanol–water partition coefficient (Wildman–Crippen LogP) is 4.51. The van der Waals surface area contributed by atoms with Crippen molar-refractivity contribution in [2.24, 2.45) is 0 Å². The molecule has 10 heteroatoms. The van der Waals surface area contributed by atoms with Gasteiger partial charge in [-0.15, -0.1) is 0 Å². The minimum atomic E-state index is -2.85. The summed E-state index contributed by atoms with van der Waals surface area (Å²) < 4.78 is 34.2. The monoisotopic (exact) mass is 532 g/mol. The van der Waals surface area contributed by atoms with Crippen LogP contribution in [0.1, 0.15) is 6.92 Å². The molecule has 0 spiro atoms. The molecule has 1 aromatic carbocycles. The van der Waals surface area contributed by atoms with E-state index in [1.807, 2.05) is 6.92 Å². The van der Waals surface area contributed by atoms with Gasteiger partial charge in [-0.2, -0.15) is 0 Å². The Bertz CT molecular complexity index is 760. The van der Waals surface area contributed by atoms with Gasteiger partial charge in [-0.25, -0.2) is 14.3 Å². The zero-order valence-corrected chi connectivity index (χ0v) is 17.9. The summed E-state index contributed by atoms with van der Waals surface area (Å²) >= 11 is 13.8. The molecule has 2 rings (SSSR count). The minimum absolute atomic E-state index is 0.0189. The first-order chi connectivity index (χ1) is 12.7. The highest BCUT2D eigenvalue weighted by molar-refractivity contribution is 14.1. The van der Waals surface area contributed by atoms with E-state index in [4.69, 9.17) is 32.8 Å². The summed E-state index contributed by atoms with van der Waals surface area (Å²) in [7, 11) is 0. The lowest BCUT2D eigenvalue weighted by atomic mass is 9.99. The first-order valence-electron chi connectivity index (χ1n) is 7.93. The van der Waals surface area contributed by atoms with Crippen LogP contribution in [0.15, 0.2) is 41.6 Å². The molecular weight excluding hydrogens is 516 g/mol. The van der Waals surface area contributed by atoms with Crippen LogP contribution in [0.2, 0.25) is 5.02 Å². The van der Waals surface area contributed by atoms with Gasteiger partial charge in [0.05, 0.1) is 35.2 Å². The van der Waals surface area contributed by atoms with Gasteiger partial charge in [-0.1, -0.05) is 23.2 Å². The van der Waals surface area contributed by atoms with Crippen LogP contribution in [0.4, 0.5) is 14.5 Å². The maximum atomic E-state index is 14.2. The number of nitrogens with one attached hydrogen (secondary N) is 2. The molecule has 0 aromatic heterocycles. The largest absolute Gasteiger partial charge is 0.379 e. The number of alkyl halides is 3. The molecule has 0 radical (unpaired) electrons. The third-order valence-electron chi connectivity index (χ3n) is 3.45. The van der Waals surface area contributed by atoms with Crippen LogP contribution in [0.25, 0.3) is 0 Å². The van der Waals surface area contributed by atoms with E-state index in [1.54, 1.807) is 18.2 Å². The van der Waals surface area contributed by atoms with Gasteiger partial charge in [0.1, 0.15) is 0 Å². The smallest absolute Gasteiger partial charge is 0.276 e. The summed E-state index contributed by atoms with van der Waals surface area (Å²) in [5.74, 6) is -0.790. The van der Waals surface area contributed by atoms with Gasteiger partial charge in [-0.3, -0.25) is 9.63 Å². The minimum Gasteiger partial charge on any atom is -0.379 e. The molecule has 2 atom stereocenters. The van der Waals surface area contributed by atoms with Crippen LogP contribution in [0.5, 0.6) is 0 Å². The second-order valence-corrected chi connectivity index (χ2v) is 7.67. The second-order valence-electron chi connectivity index (χ2n) is 5.44.